The van der Waals surface area contributed by atoms with Crippen molar-refractivity contribution in [1.29, 1.82) is 0 Å². The minimum atomic E-state index is -1.10. The van der Waals surface area contributed by atoms with E-state index >= 15 is 0 Å². The third kappa shape index (κ3) is 2.98. The smallest absolute Gasteiger partial charge is 0.102 e. The van der Waals surface area contributed by atoms with E-state index in [1.165, 1.54) is 10.3 Å². The van der Waals surface area contributed by atoms with Gasteiger partial charge in [0, 0.05) is 0 Å². The van der Waals surface area contributed by atoms with Gasteiger partial charge in [0.05, 0.1) is 29.1 Å². The average molecular weight is 300 g/mol. The molecule has 0 amide bonds. The van der Waals surface area contributed by atoms with Crippen LogP contribution in [0.1, 0.15) is 4.88 Å². The lowest BCUT2D eigenvalue weighted by Crippen LogP contribution is -2.51. The first kappa shape index (κ1) is 13.7. The molecular weight excluding hydrogens is 277 g/mol. The molecule has 2 rings (SSSR count). The van der Waals surface area contributed by atoms with E-state index in [1.54, 1.807) is 0 Å². The molecule has 2 heterocycles. The molecule has 0 saturated carbocycles. The maximum Gasteiger partial charge on any atom is 0.102 e. The van der Waals surface area contributed by atoms with E-state index in [-0.39, 0.29) is 8.07 Å². The molecule has 1 atom stereocenters. The minimum Gasteiger partial charge on any atom is -0.252 e. The fourth-order valence-corrected chi connectivity index (χ4v) is 22.4. The van der Waals surface area contributed by atoms with Gasteiger partial charge in [0.25, 0.3) is 0 Å². The molecule has 0 saturated heterocycles. The van der Waals surface area contributed by atoms with Crippen molar-refractivity contribution >= 4 is 41.0 Å². The lowest BCUT2D eigenvalue weighted by atomic mass is 10.5. The van der Waals surface area contributed by atoms with E-state index in [1.807, 2.05) is 11.3 Å². The first-order chi connectivity index (χ1) is 7.71. The highest BCUT2D eigenvalue weighted by atomic mass is 32.1. The van der Waals surface area contributed by atoms with Crippen molar-refractivity contribution in [2.45, 2.75) is 44.2 Å². The van der Waals surface area contributed by atoms with Gasteiger partial charge in [0.1, 0.15) is 5.45 Å². The predicted octanol–water partition coefficient (Wildman–Crippen LogP) is 5.03. The van der Waals surface area contributed by atoms with Gasteiger partial charge in [-0.3, -0.25) is 4.76 Å². The molecule has 1 aromatic heterocycles. The summed E-state index contributed by atoms with van der Waals surface area (Å²) in [6.45, 7) is 15.2. The SMILES string of the molecule is C[Si](C)(C)C(P1N=C1c1cccs1)[Si](C)(C)C. The zero-order valence-corrected chi connectivity index (χ0v) is 15.3. The van der Waals surface area contributed by atoms with Gasteiger partial charge in [-0.1, -0.05) is 45.3 Å². The summed E-state index contributed by atoms with van der Waals surface area (Å²) < 4.78 is 4.89. The molecule has 1 aliphatic heterocycles. The monoisotopic (exact) mass is 299 g/mol. The number of rotatable bonds is 4. The van der Waals surface area contributed by atoms with Crippen LogP contribution in [0, 0.1) is 0 Å². The fraction of sp³-hybridized carbons (Fsp3) is 0.583. The number of hydrogen-bond acceptors (Lipinski definition) is 2. The van der Waals surface area contributed by atoms with Crippen molar-refractivity contribution in [3.05, 3.63) is 22.4 Å². The summed E-state index contributed by atoms with van der Waals surface area (Å²) in [4.78, 5) is 2.37. The van der Waals surface area contributed by atoms with E-state index in [4.69, 9.17) is 4.76 Å². The van der Waals surface area contributed by atoms with Crippen LogP contribution in [0.4, 0.5) is 0 Å². The Kier molecular flexibility index (Phi) is 3.54. The summed E-state index contributed by atoms with van der Waals surface area (Å²) in [6, 6.07) is 4.38. The molecule has 0 fully saturated rings. The molecule has 0 aliphatic carbocycles. The summed E-state index contributed by atoms with van der Waals surface area (Å²) in [5, 5.41) is 2.17. The first-order valence-corrected chi connectivity index (χ1v) is 15.5. The van der Waals surface area contributed by atoms with Crippen LogP contribution in [0.5, 0.6) is 0 Å². The summed E-state index contributed by atoms with van der Waals surface area (Å²) in [5.41, 5.74) is 1.46. The largest absolute Gasteiger partial charge is 0.252 e. The maximum absolute atomic E-state index is 4.89. The molecule has 0 spiro atoms. The maximum atomic E-state index is 4.89. The van der Waals surface area contributed by atoms with Crippen LogP contribution in [-0.4, -0.2) is 26.5 Å². The highest BCUT2D eigenvalue weighted by Crippen LogP contribution is 2.64. The van der Waals surface area contributed by atoms with Crippen molar-refractivity contribution < 1.29 is 0 Å². The third-order valence-electron chi connectivity index (χ3n) is 3.01. The number of hydrogen-bond donors (Lipinski definition) is 0. The highest BCUT2D eigenvalue weighted by molar-refractivity contribution is 7.88. The van der Waals surface area contributed by atoms with Crippen LogP contribution in [0.15, 0.2) is 22.3 Å². The van der Waals surface area contributed by atoms with Crippen LogP contribution in [0.3, 0.4) is 0 Å². The molecule has 94 valence electrons. The molecule has 0 bridgehead atoms. The Labute approximate surface area is 112 Å². The van der Waals surface area contributed by atoms with Gasteiger partial charge in [-0.15, -0.1) is 11.3 Å². The topological polar surface area (TPSA) is 12.4 Å². The standard InChI is InChI=1S/C12H22NPSSi2/c1-16(2,3)12(17(4,5)6)14-11(13-14)10-8-7-9-15-10/h7-9,12H,1-6H3. The molecule has 0 aromatic carbocycles. The van der Waals surface area contributed by atoms with Crippen molar-refractivity contribution in [1.82, 2.24) is 0 Å². The van der Waals surface area contributed by atoms with Crippen LogP contribution in [0.2, 0.25) is 39.3 Å². The Bertz CT molecular complexity index is 414. The number of thiophene rings is 1. The van der Waals surface area contributed by atoms with Crippen LogP contribution in [-0.2, 0) is 0 Å². The van der Waals surface area contributed by atoms with E-state index in [0.29, 0.717) is 0 Å². The van der Waals surface area contributed by atoms with Crippen LogP contribution >= 0.6 is 19.4 Å². The molecule has 1 nitrogen and oxygen atoms in total. The fourth-order valence-electron chi connectivity index (χ4n) is 2.86. The highest BCUT2D eigenvalue weighted by Gasteiger charge is 2.50. The van der Waals surface area contributed by atoms with Gasteiger partial charge in [-0.25, -0.2) is 0 Å². The second-order valence-electron chi connectivity index (χ2n) is 6.88. The van der Waals surface area contributed by atoms with Crippen molar-refractivity contribution in [3.63, 3.8) is 0 Å². The molecular formula is C12H22NPSSi2. The Morgan fingerprint density at radius 3 is 2.12 bits per heavy atom. The van der Waals surface area contributed by atoms with Gasteiger partial charge < -0.3 is 0 Å². The lowest BCUT2D eigenvalue weighted by molar-refractivity contribution is 1.45. The van der Waals surface area contributed by atoms with Gasteiger partial charge in [0.15, 0.2) is 0 Å². The quantitative estimate of drug-likeness (QED) is 0.546. The second-order valence-corrected chi connectivity index (χ2v) is 21.8. The minimum absolute atomic E-state index is 0.128. The van der Waals surface area contributed by atoms with Crippen molar-refractivity contribution in [3.8, 4) is 0 Å². The first-order valence-electron chi connectivity index (χ1n) is 6.13. The molecule has 0 radical (unpaired) electrons. The van der Waals surface area contributed by atoms with Crippen LogP contribution in [0.25, 0.3) is 0 Å². The summed E-state index contributed by atoms with van der Waals surface area (Å²) in [7, 11) is -2.32. The third-order valence-corrected chi connectivity index (χ3v) is 20.1. The Morgan fingerprint density at radius 1 is 1.12 bits per heavy atom. The number of nitrogens with zero attached hydrogens (tertiary/aromatic N) is 1. The van der Waals surface area contributed by atoms with Gasteiger partial charge in [-0.05, 0) is 16.4 Å². The zero-order valence-electron chi connectivity index (χ0n) is 11.6. The van der Waals surface area contributed by atoms with Crippen LogP contribution < -0.4 is 0 Å². The van der Waals surface area contributed by atoms with Gasteiger partial charge >= 0.3 is 0 Å². The second kappa shape index (κ2) is 4.41. The molecule has 1 unspecified atom stereocenters. The zero-order chi connectivity index (χ0) is 12.8. The van der Waals surface area contributed by atoms with E-state index < -0.39 is 16.1 Å². The Hall–Kier alpha value is 0.234. The molecule has 17 heavy (non-hydrogen) atoms. The molecule has 1 aliphatic rings. The Morgan fingerprint density at radius 2 is 1.71 bits per heavy atom. The summed E-state index contributed by atoms with van der Waals surface area (Å²) >= 11 is 1.85. The average Bonchev–Trinajstić information content (AvgIpc) is 2.70. The van der Waals surface area contributed by atoms with Gasteiger partial charge in [-0.2, -0.15) is 0 Å². The normalized spacial score (nSPS) is 20.6. The van der Waals surface area contributed by atoms with Gasteiger partial charge in [0.2, 0.25) is 0 Å². The van der Waals surface area contributed by atoms with E-state index in [9.17, 15) is 0 Å². The Balaban J connectivity index is 2.18. The lowest BCUT2D eigenvalue weighted by Gasteiger charge is -2.37. The van der Waals surface area contributed by atoms with Crippen molar-refractivity contribution in [2.24, 2.45) is 4.76 Å². The van der Waals surface area contributed by atoms with Crippen molar-refractivity contribution in [2.75, 3.05) is 0 Å². The molecule has 0 N–H and O–H groups in total. The molecule has 5 heteroatoms. The van der Waals surface area contributed by atoms with E-state index in [0.717, 1.165) is 4.91 Å². The van der Waals surface area contributed by atoms with E-state index in [2.05, 4.69) is 56.8 Å². The predicted molar refractivity (Wildman–Crippen MR) is 88.3 cm³/mol. The summed E-state index contributed by atoms with van der Waals surface area (Å²) in [5.74, 6) is 0. The molecule has 1 aromatic rings. The summed E-state index contributed by atoms with van der Waals surface area (Å²) in [6.07, 6.45) is 0.